The standard InChI is InChI=1S/C46H56N2O10.C26H30N2O6.C19H27NO5/c1-44(2,3)57-39(50)27-31(40(51)55-7)26-38(49)37(25-29-15-9-8-10-16-29)47-42(53)46(23-21-30(22-24-46)41(52)58-45(4,5)6)48-43(54)56-28-36-34-19-13-11-17-32(34)33-18-12-14-20-35(33)36;1-25(2,3)34-24(32)28-14-12-26(13-15-28,22(29)30)27-23(31)33-16-21-19-10-6-4-8-17(19)18-9-5-7-11-20(18)21;1-19(2,3)25-17(22)12-14(18(23)24-4)11-16(21)15(20)10-13-8-6-5-7-9-13/h8-20,30-31,36-37H,21-28H2,1-7H3,(H,47,53)(H,48,54);4-11,21H,12-16H2,1-3H3,(H,27,31)(H,29,30);5-9,14-15H,10-12,20H2,1-4H3/t30?,31-,37-,46?;;14-,15-/m0.0/s1. The molecule has 117 heavy (non-hydrogen) atoms. The Bertz CT molecular complexity index is 4410. The van der Waals surface area contributed by atoms with Gasteiger partial charge in [0.05, 0.1) is 56.9 Å². The number of rotatable bonds is 26. The second kappa shape index (κ2) is 40.0. The van der Waals surface area contributed by atoms with E-state index >= 15 is 0 Å². The van der Waals surface area contributed by atoms with Crippen LogP contribution in [0.15, 0.2) is 158 Å². The summed E-state index contributed by atoms with van der Waals surface area (Å²) in [4.78, 5) is 156. The maximum absolute atomic E-state index is 14.6. The highest BCUT2D eigenvalue weighted by molar-refractivity contribution is 5.97. The van der Waals surface area contributed by atoms with Crippen LogP contribution in [0.4, 0.5) is 14.4 Å². The molecule has 1 aliphatic heterocycles. The predicted molar refractivity (Wildman–Crippen MR) is 436 cm³/mol. The number of carbonyl (C=O) groups excluding carboxylic acids is 11. The summed E-state index contributed by atoms with van der Waals surface area (Å²) in [6, 6.07) is 48.4. The number of nitrogens with one attached hydrogen (secondary N) is 3. The van der Waals surface area contributed by atoms with Crippen LogP contribution in [-0.4, -0.2) is 168 Å². The third-order valence-corrected chi connectivity index (χ3v) is 20.4. The molecule has 3 aliphatic carbocycles. The average Bonchev–Trinajstić information content (AvgIpc) is 1.64. The number of fused-ring (bicyclic) bond motifs is 6. The number of ether oxygens (including phenoxy) is 8. The van der Waals surface area contributed by atoms with Gasteiger partial charge < -0.3 is 69.6 Å². The lowest BCUT2D eigenvalue weighted by atomic mass is 9.75. The minimum atomic E-state index is -1.56. The molecule has 1 saturated carbocycles. The number of nitrogens with zero attached hydrogens (tertiary/aromatic N) is 1. The number of benzene rings is 6. The zero-order valence-electron chi connectivity index (χ0n) is 69.5. The van der Waals surface area contributed by atoms with Crippen molar-refractivity contribution in [2.24, 2.45) is 23.5 Å². The van der Waals surface area contributed by atoms with Gasteiger partial charge in [0.15, 0.2) is 11.6 Å². The molecule has 0 radical (unpaired) electrons. The molecule has 6 aromatic carbocycles. The molecule has 0 unspecified atom stereocenters. The molecular formula is C91H113N5O21. The number of carboxylic acids is 1. The van der Waals surface area contributed by atoms with Crippen molar-refractivity contribution in [2.75, 3.05) is 40.5 Å². The third-order valence-electron chi connectivity index (χ3n) is 20.4. The monoisotopic (exact) mass is 1610 g/mol. The van der Waals surface area contributed by atoms with E-state index < -0.39 is 142 Å². The van der Waals surface area contributed by atoms with Crippen LogP contribution in [-0.2, 0) is 93.9 Å². The van der Waals surface area contributed by atoms with E-state index in [1.165, 1.54) is 19.1 Å². The number of hydrogen-bond donors (Lipinski definition) is 5. The first-order valence-electron chi connectivity index (χ1n) is 39.6. The molecule has 4 atom stereocenters. The fourth-order valence-electron chi connectivity index (χ4n) is 14.7. The Hall–Kier alpha value is -11.3. The summed E-state index contributed by atoms with van der Waals surface area (Å²) in [7, 11) is 2.39. The number of piperidine rings is 1. The molecule has 1 heterocycles. The van der Waals surface area contributed by atoms with E-state index in [9.17, 15) is 62.6 Å². The molecular weight excluding hydrogens is 1500 g/mol. The smallest absolute Gasteiger partial charge is 0.410 e. The van der Waals surface area contributed by atoms with Gasteiger partial charge in [0.1, 0.15) is 46.7 Å². The molecule has 26 nitrogen and oxygen atoms in total. The third kappa shape index (κ3) is 26.4. The fourth-order valence-corrected chi connectivity index (χ4v) is 14.7. The molecule has 0 spiro atoms. The van der Waals surface area contributed by atoms with Crippen molar-refractivity contribution in [3.63, 3.8) is 0 Å². The number of hydrogen-bond acceptors (Lipinski definition) is 21. The van der Waals surface area contributed by atoms with Crippen molar-refractivity contribution < 1.29 is 101 Å². The van der Waals surface area contributed by atoms with Crippen LogP contribution in [0.3, 0.4) is 0 Å². The number of amides is 4. The van der Waals surface area contributed by atoms with E-state index in [-0.39, 0.29) is 102 Å². The zero-order valence-corrected chi connectivity index (χ0v) is 69.5. The molecule has 1 saturated heterocycles. The highest BCUT2D eigenvalue weighted by Gasteiger charge is 2.49. The highest BCUT2D eigenvalue weighted by atomic mass is 16.6. The first kappa shape index (κ1) is 91.2. The fraction of sp³-hybridized carbons (Fsp3) is 0.473. The number of nitrogens with two attached hydrogens (primary N) is 1. The number of Topliss-reactive ketones (excluding diaryl/α,β-unsaturated/α-hetero) is 2. The molecule has 0 aromatic heterocycles. The Morgan fingerprint density at radius 2 is 0.812 bits per heavy atom. The number of esters is 5. The van der Waals surface area contributed by atoms with Crippen molar-refractivity contribution in [3.8, 4) is 22.3 Å². The van der Waals surface area contributed by atoms with Gasteiger partial charge in [-0.25, -0.2) is 19.2 Å². The van der Waals surface area contributed by atoms with Crippen LogP contribution in [0, 0.1) is 17.8 Å². The SMILES string of the molecule is CC(C)(C)OC(=O)N1CCC(NC(=O)OCC2c3ccccc3-c3ccccc32)(C(=O)O)CC1.COC(=O)[C@H](CC(=O)OC(C)(C)C)CC(=O)[C@@H](N)Cc1ccccc1.COC(=O)[C@H](CC(=O)OC(C)(C)C)CC(=O)[C@H](Cc1ccccc1)NC(=O)C1(NC(=O)OCC2c3ccccc3-c3ccccc32)CCC(C(=O)OC(C)(C)C)CC1. The summed E-state index contributed by atoms with van der Waals surface area (Å²) in [5.74, 6) is -8.51. The molecule has 2 fully saturated rings. The average molecular weight is 1610 g/mol. The molecule has 6 aromatic rings. The van der Waals surface area contributed by atoms with Gasteiger partial charge in [0, 0.05) is 37.8 Å². The molecule has 628 valence electrons. The van der Waals surface area contributed by atoms with E-state index in [4.69, 9.17) is 43.6 Å². The lowest BCUT2D eigenvalue weighted by Gasteiger charge is -2.39. The van der Waals surface area contributed by atoms with Crippen LogP contribution >= 0.6 is 0 Å². The van der Waals surface area contributed by atoms with Crippen molar-refractivity contribution in [1.29, 1.82) is 0 Å². The summed E-state index contributed by atoms with van der Waals surface area (Å²) in [6.45, 7) is 21.4. The highest BCUT2D eigenvalue weighted by Crippen LogP contribution is 2.46. The first-order valence-corrected chi connectivity index (χ1v) is 39.6. The Labute approximate surface area is 684 Å². The normalized spacial score (nSPS) is 17.1. The van der Waals surface area contributed by atoms with Crippen LogP contribution < -0.4 is 21.7 Å². The summed E-state index contributed by atoms with van der Waals surface area (Å²) >= 11 is 0. The second-order valence-corrected chi connectivity index (χ2v) is 34.0. The van der Waals surface area contributed by atoms with Gasteiger partial charge in [0.25, 0.3) is 0 Å². The first-order chi connectivity index (χ1) is 55.1. The quantitative estimate of drug-likeness (QED) is 0.0249. The summed E-state index contributed by atoms with van der Waals surface area (Å²) in [5, 5.41) is 18.2. The maximum atomic E-state index is 14.6. The Morgan fingerprint density at radius 3 is 1.19 bits per heavy atom. The number of likely N-dealkylation sites (tertiary alicyclic amines) is 1. The largest absolute Gasteiger partial charge is 0.480 e. The molecule has 26 heteroatoms. The Balaban J connectivity index is 0.000000244. The number of methoxy groups -OCH3 is 2. The van der Waals surface area contributed by atoms with E-state index in [2.05, 4.69) is 16.0 Å². The van der Waals surface area contributed by atoms with Crippen LogP contribution in [0.2, 0.25) is 0 Å². The van der Waals surface area contributed by atoms with Gasteiger partial charge in [-0.15, -0.1) is 0 Å². The zero-order chi connectivity index (χ0) is 85.8. The molecule has 4 amide bonds. The lowest BCUT2D eigenvalue weighted by molar-refractivity contribution is -0.162. The van der Waals surface area contributed by atoms with Gasteiger partial charge in [-0.3, -0.25) is 38.4 Å². The summed E-state index contributed by atoms with van der Waals surface area (Å²) < 4.78 is 42.7. The summed E-state index contributed by atoms with van der Waals surface area (Å²) in [5.41, 5.74) is 10.3. The topological polar surface area (TPSA) is 364 Å². The minimum Gasteiger partial charge on any atom is -0.480 e. The number of alkyl carbamates (subject to hydrolysis) is 2. The van der Waals surface area contributed by atoms with Crippen molar-refractivity contribution in [1.82, 2.24) is 20.9 Å². The van der Waals surface area contributed by atoms with Crippen LogP contribution in [0.25, 0.3) is 22.3 Å². The van der Waals surface area contributed by atoms with Crippen molar-refractivity contribution in [3.05, 3.63) is 191 Å². The van der Waals surface area contributed by atoms with Crippen LogP contribution in [0.5, 0.6) is 0 Å². The van der Waals surface area contributed by atoms with Crippen molar-refractivity contribution >= 4 is 71.6 Å². The lowest BCUT2D eigenvalue weighted by Crippen LogP contribution is -2.63. The van der Waals surface area contributed by atoms with Gasteiger partial charge in [0.2, 0.25) is 5.91 Å². The Kier molecular flexibility index (Phi) is 31.2. The minimum absolute atomic E-state index is 0.0137. The molecule has 10 rings (SSSR count). The molecule has 4 aliphatic rings. The number of carboxylic acid groups (broad SMARTS) is 1. The van der Waals surface area contributed by atoms with Crippen molar-refractivity contribution in [2.45, 2.75) is 218 Å². The van der Waals surface area contributed by atoms with Gasteiger partial charge >= 0.3 is 54.1 Å². The maximum Gasteiger partial charge on any atom is 0.410 e. The molecule has 0 bridgehead atoms. The Morgan fingerprint density at radius 1 is 0.453 bits per heavy atom. The van der Waals surface area contributed by atoms with E-state index in [0.29, 0.717) is 6.42 Å². The number of carbonyl (C=O) groups is 12. The second-order valence-electron chi connectivity index (χ2n) is 34.0. The van der Waals surface area contributed by atoms with E-state index in [1.807, 2.05) is 146 Å². The van der Waals surface area contributed by atoms with Gasteiger partial charge in [-0.05, 0) is 190 Å². The van der Waals surface area contributed by atoms with Gasteiger partial charge in [-0.1, -0.05) is 158 Å². The predicted octanol–water partition coefficient (Wildman–Crippen LogP) is 13.4. The molecule has 6 N–H and O–H groups in total. The number of ketones is 2. The number of aliphatic carboxylic acids is 1. The van der Waals surface area contributed by atoms with E-state index in [1.54, 1.807) is 95.2 Å². The van der Waals surface area contributed by atoms with Crippen LogP contribution in [0.1, 0.15) is 193 Å². The van der Waals surface area contributed by atoms with Gasteiger partial charge in [-0.2, -0.15) is 0 Å². The van der Waals surface area contributed by atoms with E-state index in [0.717, 1.165) is 55.6 Å². The summed E-state index contributed by atoms with van der Waals surface area (Å²) in [6.07, 6.45) is -2.15.